The summed E-state index contributed by atoms with van der Waals surface area (Å²) >= 11 is 0. The molecule has 1 heterocycles. The van der Waals surface area contributed by atoms with E-state index in [2.05, 4.69) is 17.3 Å². The topological polar surface area (TPSA) is 52.2 Å². The first-order valence-corrected chi connectivity index (χ1v) is 6.69. The van der Waals surface area contributed by atoms with Crippen LogP contribution in [0.25, 0.3) is 0 Å². The molecular weight excluding hydrogens is 226 g/mol. The van der Waals surface area contributed by atoms with E-state index in [0.29, 0.717) is 12.3 Å². The molecule has 98 valence electrons. The van der Waals surface area contributed by atoms with Crippen molar-refractivity contribution in [3.8, 4) is 6.07 Å². The Morgan fingerprint density at radius 1 is 1.44 bits per heavy atom. The van der Waals surface area contributed by atoms with Gasteiger partial charge in [0, 0.05) is 19.1 Å². The average molecular weight is 247 g/mol. The Kier molecular flexibility index (Phi) is 4.80. The monoisotopic (exact) mass is 247 g/mol. The molecule has 0 unspecified atom stereocenters. The third-order valence-corrected chi connectivity index (χ3v) is 3.66. The highest BCUT2D eigenvalue weighted by molar-refractivity contribution is 5.18. The minimum Gasteiger partial charge on any atom is -0.449 e. The van der Waals surface area contributed by atoms with Gasteiger partial charge in [-0.2, -0.15) is 5.26 Å². The van der Waals surface area contributed by atoms with Gasteiger partial charge in [0.05, 0.1) is 6.54 Å². The Morgan fingerprint density at radius 2 is 2.22 bits per heavy atom. The van der Waals surface area contributed by atoms with E-state index in [4.69, 9.17) is 9.68 Å². The number of hydrogen-bond donors (Lipinski definition) is 1. The van der Waals surface area contributed by atoms with E-state index in [1.807, 2.05) is 12.1 Å². The maximum Gasteiger partial charge on any atom is 0.203 e. The first-order valence-electron chi connectivity index (χ1n) is 6.69. The van der Waals surface area contributed by atoms with Gasteiger partial charge in [-0.25, -0.2) is 0 Å². The Labute approximate surface area is 109 Å². The zero-order chi connectivity index (χ0) is 12.8. The fourth-order valence-electron chi connectivity index (χ4n) is 2.53. The molecular formula is C14H21N3O. The summed E-state index contributed by atoms with van der Waals surface area (Å²) in [6, 6.07) is 6.33. The maximum atomic E-state index is 8.65. The van der Waals surface area contributed by atoms with Gasteiger partial charge in [0.25, 0.3) is 0 Å². The van der Waals surface area contributed by atoms with Gasteiger partial charge in [-0.05, 0) is 32.0 Å². The van der Waals surface area contributed by atoms with Gasteiger partial charge < -0.3 is 14.6 Å². The standard InChI is InChI=1S/C14H21N3O/c1-17(12-4-2-3-5-12)9-8-16-11-14-7-6-13(10-15)18-14/h6-7,12,16H,2-5,8-9,11H2,1H3. The van der Waals surface area contributed by atoms with Crippen molar-refractivity contribution in [3.05, 3.63) is 23.7 Å². The van der Waals surface area contributed by atoms with Crippen molar-refractivity contribution >= 4 is 0 Å². The lowest BCUT2D eigenvalue weighted by molar-refractivity contribution is 0.244. The highest BCUT2D eigenvalue weighted by Gasteiger charge is 2.18. The summed E-state index contributed by atoms with van der Waals surface area (Å²) < 4.78 is 5.30. The number of nitrogens with one attached hydrogen (secondary N) is 1. The van der Waals surface area contributed by atoms with E-state index >= 15 is 0 Å². The molecule has 0 atom stereocenters. The summed E-state index contributed by atoms with van der Waals surface area (Å²) in [4.78, 5) is 2.45. The molecule has 1 N–H and O–H groups in total. The van der Waals surface area contributed by atoms with Crippen LogP contribution in [0.1, 0.15) is 37.2 Å². The van der Waals surface area contributed by atoms with Crippen LogP contribution in [0.4, 0.5) is 0 Å². The molecule has 0 aromatic carbocycles. The van der Waals surface area contributed by atoms with Crippen LogP contribution in [-0.4, -0.2) is 31.1 Å². The van der Waals surface area contributed by atoms with Crippen molar-refractivity contribution in [1.82, 2.24) is 10.2 Å². The molecule has 18 heavy (non-hydrogen) atoms. The van der Waals surface area contributed by atoms with Crippen LogP contribution in [0, 0.1) is 11.3 Å². The molecule has 0 bridgehead atoms. The summed E-state index contributed by atoms with van der Waals surface area (Å²) in [5, 5.41) is 12.0. The van der Waals surface area contributed by atoms with Crippen LogP contribution < -0.4 is 5.32 Å². The molecule has 0 amide bonds. The van der Waals surface area contributed by atoms with Crippen LogP contribution in [0.2, 0.25) is 0 Å². The second-order valence-electron chi connectivity index (χ2n) is 4.97. The summed E-state index contributed by atoms with van der Waals surface area (Å²) in [5.41, 5.74) is 0. The van der Waals surface area contributed by atoms with Crippen LogP contribution in [-0.2, 0) is 6.54 Å². The van der Waals surface area contributed by atoms with E-state index in [-0.39, 0.29) is 0 Å². The van der Waals surface area contributed by atoms with Crippen molar-refractivity contribution in [2.45, 2.75) is 38.3 Å². The molecule has 1 fully saturated rings. The molecule has 4 heteroatoms. The van der Waals surface area contributed by atoms with Gasteiger partial charge in [-0.15, -0.1) is 0 Å². The fraction of sp³-hybridized carbons (Fsp3) is 0.643. The van der Waals surface area contributed by atoms with Crippen LogP contribution in [0.5, 0.6) is 0 Å². The van der Waals surface area contributed by atoms with Crippen molar-refractivity contribution in [2.75, 3.05) is 20.1 Å². The van der Waals surface area contributed by atoms with Crippen LogP contribution in [0.3, 0.4) is 0 Å². The second kappa shape index (κ2) is 6.58. The van der Waals surface area contributed by atoms with E-state index < -0.39 is 0 Å². The zero-order valence-electron chi connectivity index (χ0n) is 11.0. The Hall–Kier alpha value is -1.31. The number of nitriles is 1. The molecule has 0 radical (unpaired) electrons. The van der Waals surface area contributed by atoms with Gasteiger partial charge in [0.15, 0.2) is 0 Å². The smallest absolute Gasteiger partial charge is 0.203 e. The highest BCUT2D eigenvalue weighted by atomic mass is 16.3. The molecule has 4 nitrogen and oxygen atoms in total. The molecule has 2 rings (SSSR count). The SMILES string of the molecule is CN(CCNCc1ccc(C#N)o1)C1CCCC1. The predicted molar refractivity (Wildman–Crippen MR) is 70.0 cm³/mol. The van der Waals surface area contributed by atoms with Crippen LogP contribution in [0.15, 0.2) is 16.5 Å². The first kappa shape index (κ1) is 13.1. The van der Waals surface area contributed by atoms with Gasteiger partial charge in [-0.1, -0.05) is 12.8 Å². The number of furan rings is 1. The third kappa shape index (κ3) is 3.59. The minimum absolute atomic E-state index is 0.384. The normalized spacial score (nSPS) is 16.3. The van der Waals surface area contributed by atoms with Crippen LogP contribution >= 0.6 is 0 Å². The molecule has 1 aromatic heterocycles. The Morgan fingerprint density at radius 3 is 2.89 bits per heavy atom. The third-order valence-electron chi connectivity index (χ3n) is 3.66. The first-order chi connectivity index (χ1) is 8.79. The molecule has 1 aliphatic carbocycles. The van der Waals surface area contributed by atoms with E-state index in [0.717, 1.165) is 24.9 Å². The second-order valence-corrected chi connectivity index (χ2v) is 4.97. The Bertz CT molecular complexity index is 401. The average Bonchev–Trinajstić information content (AvgIpc) is 3.05. The fourth-order valence-corrected chi connectivity index (χ4v) is 2.53. The quantitative estimate of drug-likeness (QED) is 0.782. The largest absolute Gasteiger partial charge is 0.449 e. The van der Waals surface area contributed by atoms with Crippen molar-refractivity contribution in [3.63, 3.8) is 0 Å². The van der Waals surface area contributed by atoms with E-state index in [1.165, 1.54) is 25.7 Å². The highest BCUT2D eigenvalue weighted by Crippen LogP contribution is 2.21. The maximum absolute atomic E-state index is 8.65. The van der Waals surface area contributed by atoms with E-state index in [1.54, 1.807) is 6.07 Å². The number of nitrogens with zero attached hydrogens (tertiary/aromatic N) is 2. The molecule has 1 aromatic rings. The molecule has 1 saturated carbocycles. The number of hydrogen-bond acceptors (Lipinski definition) is 4. The zero-order valence-corrected chi connectivity index (χ0v) is 11.0. The van der Waals surface area contributed by atoms with Gasteiger partial charge >= 0.3 is 0 Å². The summed E-state index contributed by atoms with van der Waals surface area (Å²) in [5.74, 6) is 1.21. The number of rotatable bonds is 6. The predicted octanol–water partition coefficient (Wildman–Crippen LogP) is 2.12. The molecule has 0 saturated heterocycles. The molecule has 0 spiro atoms. The lowest BCUT2D eigenvalue weighted by Gasteiger charge is -2.23. The van der Waals surface area contributed by atoms with Crippen molar-refractivity contribution in [1.29, 1.82) is 5.26 Å². The summed E-state index contributed by atoms with van der Waals surface area (Å²) in [6.07, 6.45) is 5.46. The minimum atomic E-state index is 0.384. The molecule has 1 aliphatic rings. The number of likely N-dealkylation sites (N-methyl/N-ethyl adjacent to an activating group) is 1. The van der Waals surface area contributed by atoms with Crippen molar-refractivity contribution < 1.29 is 4.42 Å². The lowest BCUT2D eigenvalue weighted by Crippen LogP contribution is -2.35. The van der Waals surface area contributed by atoms with Gasteiger partial charge in [0.1, 0.15) is 11.8 Å². The Balaban J connectivity index is 1.62. The lowest BCUT2D eigenvalue weighted by atomic mass is 10.2. The van der Waals surface area contributed by atoms with Crippen molar-refractivity contribution in [2.24, 2.45) is 0 Å². The summed E-state index contributed by atoms with van der Waals surface area (Å²) in [7, 11) is 2.21. The van der Waals surface area contributed by atoms with E-state index in [9.17, 15) is 0 Å². The van der Waals surface area contributed by atoms with Gasteiger partial charge in [-0.3, -0.25) is 0 Å². The van der Waals surface area contributed by atoms with Gasteiger partial charge in [0.2, 0.25) is 5.76 Å². The summed E-state index contributed by atoms with van der Waals surface area (Å²) in [6.45, 7) is 2.71. The molecule has 0 aliphatic heterocycles.